The highest BCUT2D eigenvalue weighted by atomic mass is 32.1. The van der Waals surface area contributed by atoms with Crippen LogP contribution >= 0.6 is 12.2 Å². The smallest absolute Gasteiger partial charge is 0.231 e. The van der Waals surface area contributed by atoms with E-state index in [-0.39, 0.29) is 5.91 Å². The second-order valence-corrected chi connectivity index (χ2v) is 6.09. The summed E-state index contributed by atoms with van der Waals surface area (Å²) in [4.78, 5) is 11.9. The lowest BCUT2D eigenvalue weighted by atomic mass is 9.96. The Morgan fingerprint density at radius 2 is 1.70 bits per heavy atom. The summed E-state index contributed by atoms with van der Waals surface area (Å²) in [5.74, 6) is -0.102. The molecule has 0 atom stereocenters. The molecule has 0 saturated carbocycles. The summed E-state index contributed by atoms with van der Waals surface area (Å²) in [5.41, 5.74) is 0.423. The minimum Gasteiger partial charge on any atom is -0.332 e. The second-order valence-electron chi connectivity index (χ2n) is 5.68. The quantitative estimate of drug-likeness (QED) is 0.785. The number of fused-ring (bicyclic) bond motifs is 1. The molecule has 0 saturated heterocycles. The minimum atomic E-state index is -0.468. The number of thiocarbonyl (C=S) groups is 1. The molecule has 2 N–H and O–H groups in total. The normalized spacial score (nSPS) is 11.2. The van der Waals surface area contributed by atoms with E-state index in [1.165, 1.54) is 0 Å². The number of carbonyl (C=O) groups is 1. The van der Waals surface area contributed by atoms with Crippen LogP contribution in [0.4, 0.5) is 5.69 Å². The first-order chi connectivity index (χ1) is 9.38. The van der Waals surface area contributed by atoms with Gasteiger partial charge in [0.25, 0.3) is 0 Å². The molecule has 2 aromatic carbocycles. The molecule has 0 heterocycles. The van der Waals surface area contributed by atoms with Crippen LogP contribution in [0.5, 0.6) is 0 Å². The van der Waals surface area contributed by atoms with Crippen molar-refractivity contribution in [1.82, 2.24) is 5.32 Å². The largest absolute Gasteiger partial charge is 0.332 e. The summed E-state index contributed by atoms with van der Waals surface area (Å²) in [6.45, 7) is 5.55. The summed E-state index contributed by atoms with van der Waals surface area (Å²) in [6, 6.07) is 14.0. The summed E-state index contributed by atoms with van der Waals surface area (Å²) < 4.78 is 0. The van der Waals surface area contributed by atoms with Crippen molar-refractivity contribution in [1.29, 1.82) is 0 Å². The molecule has 0 aliphatic heterocycles. The lowest BCUT2D eigenvalue weighted by Gasteiger charge is -2.19. The van der Waals surface area contributed by atoms with Gasteiger partial charge in [0.15, 0.2) is 5.11 Å². The highest BCUT2D eigenvalue weighted by molar-refractivity contribution is 7.80. The lowest BCUT2D eigenvalue weighted by molar-refractivity contribution is -0.126. The summed E-state index contributed by atoms with van der Waals surface area (Å²) in [5, 5.41) is 8.32. The zero-order chi connectivity index (χ0) is 14.8. The Balaban J connectivity index is 2.17. The average molecular weight is 286 g/mol. The number of amides is 1. The fraction of sp³-hybridized carbons (Fsp3) is 0.250. The van der Waals surface area contributed by atoms with Crippen molar-refractivity contribution in [2.24, 2.45) is 5.41 Å². The van der Waals surface area contributed by atoms with E-state index in [1.54, 1.807) is 0 Å². The third kappa shape index (κ3) is 3.33. The van der Waals surface area contributed by atoms with Crippen molar-refractivity contribution in [3.63, 3.8) is 0 Å². The average Bonchev–Trinajstić information content (AvgIpc) is 2.38. The molecule has 0 fully saturated rings. The van der Waals surface area contributed by atoms with E-state index in [1.807, 2.05) is 63.2 Å². The van der Waals surface area contributed by atoms with Crippen LogP contribution in [0, 0.1) is 5.41 Å². The van der Waals surface area contributed by atoms with Gasteiger partial charge in [-0.2, -0.15) is 0 Å². The molecule has 2 rings (SSSR count). The van der Waals surface area contributed by atoms with E-state index in [0.717, 1.165) is 16.5 Å². The number of carbonyl (C=O) groups excluding carboxylic acids is 1. The standard InChI is InChI=1S/C16H18N2OS/c1-16(2,3)14(19)18-15(20)17-13-10-6-8-11-7-4-5-9-12(11)13/h4-10H,1-3H3,(H2,17,18,19,20). The number of anilines is 1. The van der Waals surface area contributed by atoms with Crippen LogP contribution in [0.2, 0.25) is 0 Å². The molecule has 0 unspecified atom stereocenters. The van der Waals surface area contributed by atoms with Gasteiger partial charge in [-0.05, 0) is 23.7 Å². The molecular weight excluding hydrogens is 268 g/mol. The van der Waals surface area contributed by atoms with E-state index in [0.29, 0.717) is 5.11 Å². The van der Waals surface area contributed by atoms with Gasteiger partial charge in [0, 0.05) is 16.5 Å². The van der Waals surface area contributed by atoms with Crippen LogP contribution < -0.4 is 10.6 Å². The molecule has 0 aliphatic rings. The van der Waals surface area contributed by atoms with Crippen LogP contribution in [-0.4, -0.2) is 11.0 Å². The predicted molar refractivity (Wildman–Crippen MR) is 87.8 cm³/mol. The molecule has 0 aromatic heterocycles. The fourth-order valence-corrected chi connectivity index (χ4v) is 1.98. The van der Waals surface area contributed by atoms with Gasteiger partial charge in [-0.1, -0.05) is 57.2 Å². The van der Waals surface area contributed by atoms with E-state index in [9.17, 15) is 4.79 Å². The Morgan fingerprint density at radius 3 is 2.40 bits per heavy atom. The Morgan fingerprint density at radius 1 is 1.05 bits per heavy atom. The van der Waals surface area contributed by atoms with Crippen LogP contribution in [0.3, 0.4) is 0 Å². The highest BCUT2D eigenvalue weighted by Crippen LogP contribution is 2.23. The fourth-order valence-electron chi connectivity index (χ4n) is 1.78. The Hall–Kier alpha value is -1.94. The predicted octanol–water partition coefficient (Wildman–Crippen LogP) is 3.70. The Kier molecular flexibility index (Phi) is 4.04. The molecule has 3 nitrogen and oxygen atoms in total. The molecule has 4 heteroatoms. The second kappa shape index (κ2) is 5.59. The maximum atomic E-state index is 11.9. The van der Waals surface area contributed by atoms with Gasteiger partial charge >= 0.3 is 0 Å². The molecule has 1 amide bonds. The van der Waals surface area contributed by atoms with E-state index >= 15 is 0 Å². The molecular formula is C16H18N2OS. The van der Waals surface area contributed by atoms with E-state index in [4.69, 9.17) is 12.2 Å². The molecule has 20 heavy (non-hydrogen) atoms. The number of hydrogen-bond acceptors (Lipinski definition) is 2. The van der Waals surface area contributed by atoms with Crippen molar-refractivity contribution in [3.05, 3.63) is 42.5 Å². The highest BCUT2D eigenvalue weighted by Gasteiger charge is 2.22. The third-order valence-corrected chi connectivity index (χ3v) is 3.15. The first kappa shape index (κ1) is 14.5. The molecule has 0 bridgehead atoms. The van der Waals surface area contributed by atoms with Gasteiger partial charge in [-0.3, -0.25) is 4.79 Å². The summed E-state index contributed by atoms with van der Waals surface area (Å²) in [7, 11) is 0. The van der Waals surface area contributed by atoms with Crippen molar-refractivity contribution in [3.8, 4) is 0 Å². The zero-order valence-electron chi connectivity index (χ0n) is 11.9. The van der Waals surface area contributed by atoms with Crippen LogP contribution in [-0.2, 0) is 4.79 Å². The van der Waals surface area contributed by atoms with Crippen molar-refractivity contribution in [2.45, 2.75) is 20.8 Å². The van der Waals surface area contributed by atoms with Crippen molar-refractivity contribution < 1.29 is 4.79 Å². The third-order valence-electron chi connectivity index (χ3n) is 2.95. The van der Waals surface area contributed by atoms with Gasteiger partial charge in [-0.25, -0.2) is 0 Å². The first-order valence-corrected chi connectivity index (χ1v) is 6.89. The molecule has 0 aliphatic carbocycles. The number of benzene rings is 2. The molecule has 0 radical (unpaired) electrons. The number of nitrogens with one attached hydrogen (secondary N) is 2. The van der Waals surface area contributed by atoms with E-state index in [2.05, 4.69) is 10.6 Å². The van der Waals surface area contributed by atoms with Crippen LogP contribution in [0.1, 0.15) is 20.8 Å². The maximum absolute atomic E-state index is 11.9. The van der Waals surface area contributed by atoms with Crippen LogP contribution in [0.15, 0.2) is 42.5 Å². The molecule has 104 valence electrons. The Labute approximate surface area is 124 Å². The Bertz CT molecular complexity index is 654. The number of hydrogen-bond donors (Lipinski definition) is 2. The van der Waals surface area contributed by atoms with Gasteiger partial charge in [0.2, 0.25) is 5.91 Å². The van der Waals surface area contributed by atoms with Crippen molar-refractivity contribution in [2.75, 3.05) is 5.32 Å². The molecule has 0 spiro atoms. The zero-order valence-corrected chi connectivity index (χ0v) is 12.7. The van der Waals surface area contributed by atoms with Crippen molar-refractivity contribution >= 4 is 39.7 Å². The van der Waals surface area contributed by atoms with Gasteiger partial charge in [0.1, 0.15) is 0 Å². The monoisotopic (exact) mass is 286 g/mol. The molecule has 2 aromatic rings. The SMILES string of the molecule is CC(C)(C)C(=O)NC(=S)Nc1cccc2ccccc12. The maximum Gasteiger partial charge on any atom is 0.231 e. The topological polar surface area (TPSA) is 41.1 Å². The summed E-state index contributed by atoms with van der Waals surface area (Å²) >= 11 is 5.20. The van der Waals surface area contributed by atoms with E-state index < -0.39 is 5.41 Å². The van der Waals surface area contributed by atoms with Gasteiger partial charge in [0.05, 0.1) is 0 Å². The van der Waals surface area contributed by atoms with Gasteiger partial charge < -0.3 is 10.6 Å². The van der Waals surface area contributed by atoms with Crippen LogP contribution in [0.25, 0.3) is 10.8 Å². The minimum absolute atomic E-state index is 0.102. The first-order valence-electron chi connectivity index (χ1n) is 6.48. The lowest BCUT2D eigenvalue weighted by Crippen LogP contribution is -2.41. The number of rotatable bonds is 1. The van der Waals surface area contributed by atoms with Gasteiger partial charge in [-0.15, -0.1) is 0 Å². The summed E-state index contributed by atoms with van der Waals surface area (Å²) in [6.07, 6.45) is 0.